The quantitative estimate of drug-likeness (QED) is 0.684. The number of nitrogens with one attached hydrogen (secondary N) is 1. The van der Waals surface area contributed by atoms with E-state index in [1.165, 1.54) is 11.3 Å². The summed E-state index contributed by atoms with van der Waals surface area (Å²) in [5.74, 6) is 1.19. The maximum Gasteiger partial charge on any atom is 0.222 e. The predicted octanol–water partition coefficient (Wildman–Crippen LogP) is 3.01. The van der Waals surface area contributed by atoms with Gasteiger partial charge in [-0.3, -0.25) is 0 Å². The molecule has 4 rings (SSSR count). The number of piperazine rings is 1. The van der Waals surface area contributed by atoms with Crippen LogP contribution in [0.3, 0.4) is 0 Å². The molecule has 0 amide bonds. The Bertz CT molecular complexity index is 870. The summed E-state index contributed by atoms with van der Waals surface area (Å²) < 4.78 is 0. The summed E-state index contributed by atoms with van der Waals surface area (Å²) in [5, 5.41) is 3.45. The zero-order chi connectivity index (χ0) is 20.9. The zero-order valence-corrected chi connectivity index (χ0v) is 18.1. The van der Waals surface area contributed by atoms with Crippen LogP contribution in [-0.2, 0) is 13.1 Å². The molecular formula is C23H33N7. The SMILES string of the molecule is CCCCNc1nc(N)nc2c1CN(Cc1ccc(N3CCN(C)CC3)cc1)C=C2. The van der Waals surface area contributed by atoms with Crippen LogP contribution in [0.1, 0.15) is 36.6 Å². The van der Waals surface area contributed by atoms with Crippen LogP contribution in [0.15, 0.2) is 30.5 Å². The summed E-state index contributed by atoms with van der Waals surface area (Å²) in [7, 11) is 2.19. The first-order chi connectivity index (χ1) is 14.6. The molecule has 0 atom stereocenters. The van der Waals surface area contributed by atoms with Crippen LogP contribution >= 0.6 is 0 Å². The molecule has 7 heteroatoms. The molecule has 2 aromatic rings. The molecule has 0 bridgehead atoms. The van der Waals surface area contributed by atoms with Crippen molar-refractivity contribution in [1.29, 1.82) is 0 Å². The van der Waals surface area contributed by atoms with Crippen LogP contribution in [-0.4, -0.2) is 59.5 Å². The summed E-state index contributed by atoms with van der Waals surface area (Å²) in [4.78, 5) is 16.0. The average molecular weight is 408 g/mol. The highest BCUT2D eigenvalue weighted by molar-refractivity contribution is 5.62. The first-order valence-corrected chi connectivity index (χ1v) is 11.0. The van der Waals surface area contributed by atoms with Crippen molar-refractivity contribution in [3.05, 3.63) is 47.3 Å². The van der Waals surface area contributed by atoms with Gasteiger partial charge in [-0.25, -0.2) is 4.98 Å². The molecule has 1 fully saturated rings. The number of anilines is 3. The van der Waals surface area contributed by atoms with Crippen LogP contribution in [0.4, 0.5) is 17.5 Å². The normalized spacial score (nSPS) is 16.6. The predicted molar refractivity (Wildman–Crippen MR) is 124 cm³/mol. The highest BCUT2D eigenvalue weighted by Gasteiger charge is 2.19. The maximum atomic E-state index is 5.91. The third-order valence-electron chi connectivity index (χ3n) is 5.87. The van der Waals surface area contributed by atoms with Crippen molar-refractivity contribution in [2.24, 2.45) is 0 Å². The highest BCUT2D eigenvalue weighted by Crippen LogP contribution is 2.27. The second-order valence-corrected chi connectivity index (χ2v) is 8.25. The molecule has 1 aromatic carbocycles. The van der Waals surface area contributed by atoms with Crippen LogP contribution in [0.2, 0.25) is 0 Å². The fraction of sp³-hybridized carbons (Fsp3) is 0.478. The Kier molecular flexibility index (Phi) is 6.38. The topological polar surface area (TPSA) is 73.5 Å². The van der Waals surface area contributed by atoms with E-state index in [4.69, 9.17) is 5.73 Å². The zero-order valence-electron chi connectivity index (χ0n) is 18.1. The number of fused-ring (bicyclic) bond motifs is 1. The molecule has 0 aliphatic carbocycles. The smallest absolute Gasteiger partial charge is 0.222 e. The lowest BCUT2D eigenvalue weighted by Gasteiger charge is -2.34. The minimum atomic E-state index is 0.324. The minimum absolute atomic E-state index is 0.324. The highest BCUT2D eigenvalue weighted by atomic mass is 15.2. The van der Waals surface area contributed by atoms with Gasteiger partial charge in [-0.2, -0.15) is 4.98 Å². The molecule has 3 heterocycles. The van der Waals surface area contributed by atoms with Crippen molar-refractivity contribution in [2.45, 2.75) is 32.9 Å². The number of nitrogens with two attached hydrogens (primary N) is 1. The molecule has 0 saturated carbocycles. The van der Waals surface area contributed by atoms with Crippen LogP contribution < -0.4 is 16.0 Å². The van der Waals surface area contributed by atoms with Crippen molar-refractivity contribution in [2.75, 3.05) is 55.7 Å². The number of likely N-dealkylation sites (N-methyl/N-ethyl adjacent to an activating group) is 1. The maximum absolute atomic E-state index is 5.91. The van der Waals surface area contributed by atoms with Gasteiger partial charge in [0.05, 0.1) is 5.69 Å². The van der Waals surface area contributed by atoms with Gasteiger partial charge in [-0.05, 0) is 37.2 Å². The number of benzene rings is 1. The van der Waals surface area contributed by atoms with E-state index in [-0.39, 0.29) is 0 Å². The molecule has 0 radical (unpaired) electrons. The number of hydrogen-bond acceptors (Lipinski definition) is 7. The Balaban J connectivity index is 1.41. The lowest BCUT2D eigenvalue weighted by molar-refractivity contribution is 0.313. The van der Waals surface area contributed by atoms with Gasteiger partial charge in [0.15, 0.2) is 0 Å². The van der Waals surface area contributed by atoms with E-state index in [0.29, 0.717) is 5.95 Å². The van der Waals surface area contributed by atoms with Gasteiger partial charge in [0.1, 0.15) is 5.82 Å². The van der Waals surface area contributed by atoms with E-state index >= 15 is 0 Å². The molecule has 2 aliphatic rings. The first kappa shape index (κ1) is 20.5. The first-order valence-electron chi connectivity index (χ1n) is 11.0. The standard InChI is InChI=1S/C23H33N7/c1-3-4-10-25-22-20-17-29(11-9-21(20)26-23(24)27-22)16-18-5-7-19(8-6-18)30-14-12-28(2)13-15-30/h5-9,11H,3-4,10,12-17H2,1-2H3,(H3,24,25,26,27). The summed E-state index contributed by atoms with van der Waals surface area (Å²) >= 11 is 0. The summed E-state index contributed by atoms with van der Waals surface area (Å²) in [5.41, 5.74) is 10.6. The fourth-order valence-electron chi connectivity index (χ4n) is 3.99. The summed E-state index contributed by atoms with van der Waals surface area (Å²) in [6.45, 7) is 9.17. The van der Waals surface area contributed by atoms with Crippen molar-refractivity contribution in [1.82, 2.24) is 19.8 Å². The van der Waals surface area contributed by atoms with Crippen molar-refractivity contribution in [3.8, 4) is 0 Å². The van der Waals surface area contributed by atoms with Gasteiger partial charge in [0.25, 0.3) is 0 Å². The molecule has 30 heavy (non-hydrogen) atoms. The van der Waals surface area contributed by atoms with E-state index in [0.717, 1.165) is 75.7 Å². The van der Waals surface area contributed by atoms with Crippen molar-refractivity contribution >= 4 is 23.5 Å². The van der Waals surface area contributed by atoms with Crippen molar-refractivity contribution < 1.29 is 0 Å². The number of nitrogen functional groups attached to an aromatic ring is 1. The second kappa shape index (κ2) is 9.34. The average Bonchev–Trinajstić information content (AvgIpc) is 2.75. The summed E-state index contributed by atoms with van der Waals surface area (Å²) in [6.07, 6.45) is 6.41. The molecule has 1 aromatic heterocycles. The third-order valence-corrected chi connectivity index (χ3v) is 5.87. The van der Waals surface area contributed by atoms with Gasteiger partial charge >= 0.3 is 0 Å². The van der Waals surface area contributed by atoms with Crippen molar-refractivity contribution in [3.63, 3.8) is 0 Å². The Morgan fingerprint density at radius 2 is 1.83 bits per heavy atom. The van der Waals surface area contributed by atoms with E-state index in [1.807, 2.05) is 6.08 Å². The van der Waals surface area contributed by atoms with Gasteiger partial charge in [-0.1, -0.05) is 25.5 Å². The Morgan fingerprint density at radius 1 is 1.07 bits per heavy atom. The van der Waals surface area contributed by atoms with E-state index < -0.39 is 0 Å². The number of nitrogens with zero attached hydrogens (tertiary/aromatic N) is 5. The van der Waals surface area contributed by atoms with Gasteiger partial charge in [0.2, 0.25) is 5.95 Å². The lowest BCUT2D eigenvalue weighted by Crippen LogP contribution is -2.44. The number of hydrogen-bond donors (Lipinski definition) is 2. The molecule has 3 N–H and O–H groups in total. The fourth-order valence-corrected chi connectivity index (χ4v) is 3.99. The van der Waals surface area contributed by atoms with Crippen LogP contribution in [0, 0.1) is 0 Å². The van der Waals surface area contributed by atoms with E-state index in [1.54, 1.807) is 0 Å². The van der Waals surface area contributed by atoms with Gasteiger partial charge in [-0.15, -0.1) is 0 Å². The lowest BCUT2D eigenvalue weighted by atomic mass is 10.1. The van der Waals surface area contributed by atoms with Crippen LogP contribution in [0.25, 0.3) is 6.08 Å². The largest absolute Gasteiger partial charge is 0.370 e. The monoisotopic (exact) mass is 407 g/mol. The second-order valence-electron chi connectivity index (χ2n) is 8.25. The molecule has 160 valence electrons. The summed E-state index contributed by atoms with van der Waals surface area (Å²) in [6, 6.07) is 9.00. The molecule has 0 unspecified atom stereocenters. The molecule has 2 aliphatic heterocycles. The molecular weight excluding hydrogens is 374 g/mol. The van der Waals surface area contributed by atoms with Gasteiger partial charge < -0.3 is 25.8 Å². The Hall–Kier alpha value is -2.80. The minimum Gasteiger partial charge on any atom is -0.370 e. The Labute approximate surface area is 179 Å². The number of aromatic nitrogens is 2. The number of rotatable bonds is 7. The third kappa shape index (κ3) is 4.84. The molecule has 1 saturated heterocycles. The van der Waals surface area contributed by atoms with Gasteiger partial charge in [0, 0.05) is 63.3 Å². The van der Waals surface area contributed by atoms with E-state index in [2.05, 4.69) is 74.4 Å². The molecule has 0 spiro atoms. The van der Waals surface area contributed by atoms with E-state index in [9.17, 15) is 0 Å². The van der Waals surface area contributed by atoms with Crippen LogP contribution in [0.5, 0.6) is 0 Å². The Morgan fingerprint density at radius 3 is 2.57 bits per heavy atom. The number of unbranched alkanes of at least 4 members (excludes halogenated alkanes) is 1. The molecule has 7 nitrogen and oxygen atoms in total.